The molecule has 0 aromatic heterocycles. The molecule has 0 aliphatic heterocycles. The second kappa shape index (κ2) is 9.41. The number of hydrogen-bond acceptors (Lipinski definition) is 1. The highest BCUT2D eigenvalue weighted by molar-refractivity contribution is 6.30. The van der Waals surface area contributed by atoms with Crippen molar-refractivity contribution in [2.24, 2.45) is 0 Å². The van der Waals surface area contributed by atoms with Gasteiger partial charge in [0.1, 0.15) is 0 Å². The van der Waals surface area contributed by atoms with Crippen LogP contribution in [-0.2, 0) is 0 Å². The van der Waals surface area contributed by atoms with Gasteiger partial charge in [-0.1, -0.05) is 69.2 Å². The molecule has 0 heterocycles. The first kappa shape index (κ1) is 15.5. The summed E-state index contributed by atoms with van der Waals surface area (Å²) >= 11 is 5.91. The Morgan fingerprint density at radius 1 is 1.00 bits per heavy atom. The SMILES string of the molecule is CCCCCCCCC(NC)c1ccc(Cl)cc1. The highest BCUT2D eigenvalue weighted by Crippen LogP contribution is 2.21. The molecule has 1 atom stereocenters. The molecule has 102 valence electrons. The fraction of sp³-hybridized carbons (Fsp3) is 0.625. The Hall–Kier alpha value is -0.530. The van der Waals surface area contributed by atoms with E-state index >= 15 is 0 Å². The first-order valence-electron chi connectivity index (χ1n) is 7.20. The van der Waals surface area contributed by atoms with E-state index in [0.717, 1.165) is 5.02 Å². The summed E-state index contributed by atoms with van der Waals surface area (Å²) in [4.78, 5) is 0. The lowest BCUT2D eigenvalue weighted by molar-refractivity contribution is 0.498. The molecule has 1 aromatic rings. The van der Waals surface area contributed by atoms with Crippen LogP contribution in [0.3, 0.4) is 0 Å². The Morgan fingerprint density at radius 2 is 1.61 bits per heavy atom. The first-order valence-corrected chi connectivity index (χ1v) is 7.58. The summed E-state index contributed by atoms with van der Waals surface area (Å²) in [7, 11) is 2.04. The summed E-state index contributed by atoms with van der Waals surface area (Å²) < 4.78 is 0. The molecule has 0 saturated heterocycles. The molecule has 1 aromatic carbocycles. The van der Waals surface area contributed by atoms with E-state index in [9.17, 15) is 0 Å². The highest BCUT2D eigenvalue weighted by Gasteiger charge is 2.08. The molecule has 0 radical (unpaired) electrons. The molecular weight excluding hydrogens is 242 g/mol. The molecule has 0 saturated carbocycles. The molecule has 1 rings (SSSR count). The lowest BCUT2D eigenvalue weighted by Crippen LogP contribution is -2.16. The zero-order valence-electron chi connectivity index (χ0n) is 11.7. The molecule has 0 fully saturated rings. The van der Waals surface area contributed by atoms with Gasteiger partial charge in [-0.3, -0.25) is 0 Å². The van der Waals surface area contributed by atoms with E-state index in [0.29, 0.717) is 6.04 Å². The third kappa shape index (κ3) is 5.88. The van der Waals surface area contributed by atoms with Gasteiger partial charge in [0.05, 0.1) is 0 Å². The lowest BCUT2D eigenvalue weighted by atomic mass is 10.00. The van der Waals surface area contributed by atoms with E-state index in [2.05, 4.69) is 24.4 Å². The van der Waals surface area contributed by atoms with E-state index in [4.69, 9.17) is 11.6 Å². The fourth-order valence-corrected chi connectivity index (χ4v) is 2.43. The Balaban J connectivity index is 2.27. The van der Waals surface area contributed by atoms with Gasteiger partial charge < -0.3 is 5.32 Å². The second-order valence-corrected chi connectivity index (χ2v) is 5.39. The van der Waals surface area contributed by atoms with Crippen molar-refractivity contribution in [1.29, 1.82) is 0 Å². The van der Waals surface area contributed by atoms with Crippen LogP contribution in [0.1, 0.15) is 63.5 Å². The van der Waals surface area contributed by atoms with Crippen LogP contribution in [-0.4, -0.2) is 7.05 Å². The van der Waals surface area contributed by atoms with Gasteiger partial charge in [0.25, 0.3) is 0 Å². The van der Waals surface area contributed by atoms with Crippen LogP contribution in [0.4, 0.5) is 0 Å². The third-order valence-corrected chi connectivity index (χ3v) is 3.72. The summed E-state index contributed by atoms with van der Waals surface area (Å²) in [5.41, 5.74) is 1.34. The zero-order chi connectivity index (χ0) is 13.2. The lowest BCUT2D eigenvalue weighted by Gasteiger charge is -2.16. The first-order chi connectivity index (χ1) is 8.77. The molecule has 1 nitrogen and oxygen atoms in total. The zero-order valence-corrected chi connectivity index (χ0v) is 12.5. The van der Waals surface area contributed by atoms with Crippen molar-refractivity contribution in [2.75, 3.05) is 7.05 Å². The van der Waals surface area contributed by atoms with Gasteiger partial charge in [-0.2, -0.15) is 0 Å². The molecule has 0 bridgehead atoms. The summed E-state index contributed by atoms with van der Waals surface area (Å²) in [5.74, 6) is 0. The number of unbranched alkanes of at least 4 members (excludes halogenated alkanes) is 5. The van der Waals surface area contributed by atoms with Gasteiger partial charge in [-0.15, -0.1) is 0 Å². The summed E-state index contributed by atoms with van der Waals surface area (Å²) in [6.45, 7) is 2.26. The highest BCUT2D eigenvalue weighted by atomic mass is 35.5. The quantitative estimate of drug-likeness (QED) is 0.595. The topological polar surface area (TPSA) is 12.0 Å². The summed E-state index contributed by atoms with van der Waals surface area (Å²) in [6, 6.07) is 8.67. The predicted octanol–water partition coefficient (Wildman–Crippen LogP) is 5.35. The maximum atomic E-state index is 5.91. The van der Waals surface area contributed by atoms with Gasteiger partial charge in [-0.05, 0) is 31.2 Å². The standard InChI is InChI=1S/C16H26ClN/c1-3-4-5-6-7-8-9-16(18-2)14-10-12-15(17)13-11-14/h10-13,16,18H,3-9H2,1-2H3. The van der Waals surface area contributed by atoms with Crippen molar-refractivity contribution < 1.29 is 0 Å². The minimum absolute atomic E-state index is 0.466. The Labute approximate surface area is 117 Å². The minimum Gasteiger partial charge on any atom is -0.313 e. The average molecular weight is 268 g/mol. The molecule has 1 unspecified atom stereocenters. The van der Waals surface area contributed by atoms with Crippen LogP contribution in [0.25, 0.3) is 0 Å². The number of halogens is 1. The van der Waals surface area contributed by atoms with E-state index in [1.165, 1.54) is 50.5 Å². The Bertz CT molecular complexity index is 307. The molecular formula is C16H26ClN. The third-order valence-electron chi connectivity index (χ3n) is 3.47. The predicted molar refractivity (Wildman–Crippen MR) is 81.2 cm³/mol. The minimum atomic E-state index is 0.466. The van der Waals surface area contributed by atoms with E-state index in [-0.39, 0.29) is 0 Å². The monoisotopic (exact) mass is 267 g/mol. The maximum Gasteiger partial charge on any atom is 0.0406 e. The second-order valence-electron chi connectivity index (χ2n) is 4.95. The molecule has 1 N–H and O–H groups in total. The molecule has 2 heteroatoms. The van der Waals surface area contributed by atoms with Gasteiger partial charge in [0, 0.05) is 11.1 Å². The van der Waals surface area contributed by atoms with Gasteiger partial charge in [0.2, 0.25) is 0 Å². The van der Waals surface area contributed by atoms with E-state index in [1.807, 2.05) is 19.2 Å². The van der Waals surface area contributed by atoms with Crippen molar-refractivity contribution >= 4 is 11.6 Å². The summed E-state index contributed by atoms with van der Waals surface area (Å²) in [5, 5.41) is 4.21. The van der Waals surface area contributed by atoms with Gasteiger partial charge in [0.15, 0.2) is 0 Å². The Morgan fingerprint density at radius 3 is 2.22 bits per heavy atom. The molecule has 18 heavy (non-hydrogen) atoms. The van der Waals surface area contributed by atoms with Crippen molar-refractivity contribution in [2.45, 2.75) is 57.9 Å². The van der Waals surface area contributed by atoms with E-state index in [1.54, 1.807) is 0 Å². The van der Waals surface area contributed by atoms with Crippen LogP contribution in [0, 0.1) is 0 Å². The Kier molecular flexibility index (Phi) is 8.11. The maximum absolute atomic E-state index is 5.91. The van der Waals surface area contributed by atoms with Crippen LogP contribution in [0.5, 0.6) is 0 Å². The van der Waals surface area contributed by atoms with Crippen molar-refractivity contribution in [3.63, 3.8) is 0 Å². The number of rotatable bonds is 9. The smallest absolute Gasteiger partial charge is 0.0406 e. The summed E-state index contributed by atoms with van der Waals surface area (Å²) in [6.07, 6.45) is 9.34. The average Bonchev–Trinajstić information content (AvgIpc) is 2.39. The number of hydrogen-bond donors (Lipinski definition) is 1. The van der Waals surface area contributed by atoms with Crippen LogP contribution in [0.15, 0.2) is 24.3 Å². The number of benzene rings is 1. The van der Waals surface area contributed by atoms with Gasteiger partial charge >= 0.3 is 0 Å². The van der Waals surface area contributed by atoms with Crippen LogP contribution < -0.4 is 5.32 Å². The van der Waals surface area contributed by atoms with Crippen molar-refractivity contribution in [1.82, 2.24) is 5.32 Å². The normalized spacial score (nSPS) is 12.6. The molecule has 0 spiro atoms. The van der Waals surface area contributed by atoms with Crippen LogP contribution >= 0.6 is 11.6 Å². The molecule has 0 amide bonds. The largest absolute Gasteiger partial charge is 0.313 e. The van der Waals surface area contributed by atoms with Crippen molar-refractivity contribution in [3.05, 3.63) is 34.9 Å². The molecule has 0 aliphatic carbocycles. The molecule has 0 aliphatic rings. The van der Waals surface area contributed by atoms with Gasteiger partial charge in [-0.25, -0.2) is 0 Å². The van der Waals surface area contributed by atoms with Crippen LogP contribution in [0.2, 0.25) is 5.02 Å². The van der Waals surface area contributed by atoms with E-state index < -0.39 is 0 Å². The number of nitrogens with one attached hydrogen (secondary N) is 1. The van der Waals surface area contributed by atoms with Crippen molar-refractivity contribution in [3.8, 4) is 0 Å². The fourth-order valence-electron chi connectivity index (χ4n) is 2.30.